The van der Waals surface area contributed by atoms with Crippen LogP contribution in [-0.4, -0.2) is 37.5 Å². The molecule has 0 saturated carbocycles. The van der Waals surface area contributed by atoms with Gasteiger partial charge in [-0.3, -0.25) is 4.79 Å². The molecule has 5 nitrogen and oxygen atoms in total. The predicted molar refractivity (Wildman–Crippen MR) is 86.1 cm³/mol. The van der Waals surface area contributed by atoms with Crippen LogP contribution in [0.2, 0.25) is 0 Å². The molecule has 0 atom stereocenters. The van der Waals surface area contributed by atoms with Crippen molar-refractivity contribution in [3.05, 3.63) is 65.2 Å². The Kier molecular flexibility index (Phi) is 6.05. The lowest BCUT2D eigenvalue weighted by Crippen LogP contribution is -2.31. The number of carbonyl (C=O) groups excluding carboxylic acids is 2. The van der Waals surface area contributed by atoms with Gasteiger partial charge in [0.1, 0.15) is 5.82 Å². The van der Waals surface area contributed by atoms with E-state index in [2.05, 4.69) is 4.74 Å². The molecule has 0 bridgehead atoms. The van der Waals surface area contributed by atoms with E-state index in [4.69, 9.17) is 4.74 Å². The number of likely N-dealkylation sites (N-methyl/N-ethyl adjacent to an activating group) is 1. The molecule has 2 aromatic carbocycles. The second-order valence-electron chi connectivity index (χ2n) is 5.30. The van der Waals surface area contributed by atoms with Gasteiger partial charge in [0, 0.05) is 19.7 Å². The van der Waals surface area contributed by atoms with Gasteiger partial charge in [-0.2, -0.15) is 0 Å². The molecule has 132 valence electrons. The first-order chi connectivity index (χ1) is 11.9. The number of benzene rings is 2. The molecule has 0 spiro atoms. The molecule has 7 heteroatoms. The fraction of sp³-hybridized carbons (Fsp3) is 0.222. The van der Waals surface area contributed by atoms with E-state index < -0.39 is 17.6 Å². The zero-order valence-electron chi connectivity index (χ0n) is 13.8. The Hall–Kier alpha value is -2.96. The molecule has 0 radical (unpaired) electrons. The highest BCUT2D eigenvalue weighted by molar-refractivity contribution is 5.89. The number of carbonyl (C=O) groups is 2. The third-order valence-electron chi connectivity index (χ3n) is 3.47. The molecule has 0 aliphatic carbocycles. The number of methoxy groups -OCH3 is 1. The van der Waals surface area contributed by atoms with Gasteiger partial charge in [0.05, 0.1) is 12.7 Å². The van der Waals surface area contributed by atoms with E-state index in [0.29, 0.717) is 11.6 Å². The smallest absolute Gasteiger partial charge is 0.337 e. The van der Waals surface area contributed by atoms with Crippen molar-refractivity contribution in [2.24, 2.45) is 0 Å². The predicted octanol–water partition coefficient (Wildman–Crippen LogP) is 2.79. The Morgan fingerprint density at radius 3 is 2.36 bits per heavy atom. The Balaban J connectivity index is 1.90. The standard InChI is InChI=1S/C18H17F2NO4/c1-21(10-12-3-5-13(6-4-12)18(23)24-2)17(22)11-25-16-8-7-14(19)9-15(16)20/h3-9H,10-11H2,1-2H3. The van der Waals surface area contributed by atoms with Crippen LogP contribution in [0.3, 0.4) is 0 Å². The van der Waals surface area contributed by atoms with Crippen LogP contribution in [0.4, 0.5) is 8.78 Å². The molecular formula is C18H17F2NO4. The van der Waals surface area contributed by atoms with Gasteiger partial charge in [0.2, 0.25) is 0 Å². The first-order valence-electron chi connectivity index (χ1n) is 7.39. The highest BCUT2D eigenvalue weighted by atomic mass is 19.1. The maximum absolute atomic E-state index is 13.5. The average Bonchev–Trinajstić information content (AvgIpc) is 2.60. The van der Waals surface area contributed by atoms with Gasteiger partial charge in [-0.25, -0.2) is 13.6 Å². The molecule has 0 aliphatic heterocycles. The molecule has 0 N–H and O–H groups in total. The van der Waals surface area contributed by atoms with Gasteiger partial charge in [-0.1, -0.05) is 12.1 Å². The lowest BCUT2D eigenvalue weighted by atomic mass is 10.1. The maximum Gasteiger partial charge on any atom is 0.337 e. The first kappa shape index (κ1) is 18.4. The van der Waals surface area contributed by atoms with Crippen molar-refractivity contribution in [3.8, 4) is 5.75 Å². The molecule has 2 aromatic rings. The first-order valence-corrected chi connectivity index (χ1v) is 7.39. The van der Waals surface area contributed by atoms with E-state index >= 15 is 0 Å². The monoisotopic (exact) mass is 349 g/mol. The molecule has 1 amide bonds. The molecule has 0 aromatic heterocycles. The largest absolute Gasteiger partial charge is 0.481 e. The number of esters is 1. The quantitative estimate of drug-likeness (QED) is 0.753. The molecule has 25 heavy (non-hydrogen) atoms. The van der Waals surface area contributed by atoms with E-state index in [-0.39, 0.29) is 24.8 Å². The van der Waals surface area contributed by atoms with Crippen LogP contribution in [0.15, 0.2) is 42.5 Å². The fourth-order valence-electron chi connectivity index (χ4n) is 2.07. The summed E-state index contributed by atoms with van der Waals surface area (Å²) in [7, 11) is 2.87. The number of halogens is 2. The summed E-state index contributed by atoms with van der Waals surface area (Å²) in [5.74, 6) is -2.59. The molecule has 0 saturated heterocycles. The molecule has 0 unspecified atom stereocenters. The van der Waals surface area contributed by atoms with Crippen LogP contribution < -0.4 is 4.74 Å². The second-order valence-corrected chi connectivity index (χ2v) is 5.30. The van der Waals surface area contributed by atoms with Crippen molar-refractivity contribution in [1.29, 1.82) is 0 Å². The molecule has 2 rings (SSSR count). The van der Waals surface area contributed by atoms with Crippen molar-refractivity contribution >= 4 is 11.9 Å². The summed E-state index contributed by atoms with van der Waals surface area (Å²) < 4.78 is 36.0. The van der Waals surface area contributed by atoms with Crippen LogP contribution in [0.25, 0.3) is 0 Å². The minimum absolute atomic E-state index is 0.189. The molecular weight excluding hydrogens is 332 g/mol. The van der Waals surface area contributed by atoms with Gasteiger partial charge in [-0.15, -0.1) is 0 Å². The van der Waals surface area contributed by atoms with Gasteiger partial charge in [0.15, 0.2) is 18.2 Å². The summed E-state index contributed by atoms with van der Waals surface area (Å²) in [6.45, 7) is -0.0884. The molecule has 0 heterocycles. The average molecular weight is 349 g/mol. The highest BCUT2D eigenvalue weighted by Crippen LogP contribution is 2.17. The topological polar surface area (TPSA) is 55.8 Å². The van der Waals surface area contributed by atoms with Gasteiger partial charge in [0.25, 0.3) is 5.91 Å². The Bertz CT molecular complexity index is 762. The third kappa shape index (κ3) is 5.00. The van der Waals surface area contributed by atoms with E-state index in [9.17, 15) is 18.4 Å². The number of rotatable bonds is 6. The van der Waals surface area contributed by atoms with Crippen molar-refractivity contribution in [2.45, 2.75) is 6.54 Å². The summed E-state index contributed by atoms with van der Waals surface area (Å²) in [5.41, 5.74) is 1.21. The second kappa shape index (κ2) is 8.23. The zero-order chi connectivity index (χ0) is 18.4. The van der Waals surface area contributed by atoms with Crippen molar-refractivity contribution in [1.82, 2.24) is 4.90 Å². The van der Waals surface area contributed by atoms with E-state index in [1.807, 2.05) is 0 Å². The summed E-state index contributed by atoms with van der Waals surface area (Å²) in [6, 6.07) is 9.48. The third-order valence-corrected chi connectivity index (χ3v) is 3.47. The number of amides is 1. The van der Waals surface area contributed by atoms with Gasteiger partial charge >= 0.3 is 5.97 Å². The minimum atomic E-state index is -0.867. The van der Waals surface area contributed by atoms with Crippen LogP contribution in [0, 0.1) is 11.6 Å². The van der Waals surface area contributed by atoms with Crippen LogP contribution >= 0.6 is 0 Å². The zero-order valence-corrected chi connectivity index (χ0v) is 13.8. The van der Waals surface area contributed by atoms with Crippen LogP contribution in [-0.2, 0) is 16.1 Å². The van der Waals surface area contributed by atoms with Crippen LogP contribution in [0.1, 0.15) is 15.9 Å². The van der Waals surface area contributed by atoms with Crippen molar-refractivity contribution < 1.29 is 27.8 Å². The van der Waals surface area contributed by atoms with E-state index in [0.717, 1.165) is 17.7 Å². The normalized spacial score (nSPS) is 10.2. The lowest BCUT2D eigenvalue weighted by Gasteiger charge is -2.18. The van der Waals surface area contributed by atoms with Crippen molar-refractivity contribution in [3.63, 3.8) is 0 Å². The number of hydrogen-bond acceptors (Lipinski definition) is 4. The maximum atomic E-state index is 13.5. The minimum Gasteiger partial charge on any atom is -0.481 e. The van der Waals surface area contributed by atoms with E-state index in [1.165, 1.54) is 12.0 Å². The summed E-state index contributed by atoms with van der Waals surface area (Å²) >= 11 is 0. The molecule has 0 aliphatic rings. The van der Waals surface area contributed by atoms with E-state index in [1.54, 1.807) is 31.3 Å². The SMILES string of the molecule is COC(=O)c1ccc(CN(C)C(=O)COc2ccc(F)cc2F)cc1. The number of hydrogen-bond donors (Lipinski definition) is 0. The fourth-order valence-corrected chi connectivity index (χ4v) is 2.07. The number of nitrogens with zero attached hydrogens (tertiary/aromatic N) is 1. The highest BCUT2D eigenvalue weighted by Gasteiger charge is 2.13. The molecule has 0 fully saturated rings. The summed E-state index contributed by atoms with van der Waals surface area (Å²) in [4.78, 5) is 24.8. The summed E-state index contributed by atoms with van der Waals surface area (Å²) in [6.07, 6.45) is 0. The van der Waals surface area contributed by atoms with Gasteiger partial charge in [-0.05, 0) is 29.8 Å². The number of ether oxygens (including phenoxy) is 2. The Morgan fingerprint density at radius 2 is 1.76 bits per heavy atom. The Morgan fingerprint density at radius 1 is 1.08 bits per heavy atom. The lowest BCUT2D eigenvalue weighted by molar-refractivity contribution is -0.132. The van der Waals surface area contributed by atoms with Crippen molar-refractivity contribution in [2.75, 3.05) is 20.8 Å². The van der Waals surface area contributed by atoms with Gasteiger partial charge < -0.3 is 14.4 Å². The summed E-state index contributed by atoms with van der Waals surface area (Å²) in [5, 5.41) is 0. The Labute approximate surface area is 143 Å². The van der Waals surface area contributed by atoms with Crippen LogP contribution in [0.5, 0.6) is 5.75 Å².